The van der Waals surface area contributed by atoms with Crippen LogP contribution < -0.4 is 0 Å². The first kappa shape index (κ1) is 17.9. The number of rotatable bonds is 4. The molecule has 0 spiro atoms. The summed E-state index contributed by atoms with van der Waals surface area (Å²) in [5, 5.41) is 4.29. The highest BCUT2D eigenvalue weighted by atomic mass is 16.2. The number of hydrogen-bond donors (Lipinski definition) is 0. The Kier molecular flexibility index (Phi) is 5.42. The van der Waals surface area contributed by atoms with Gasteiger partial charge in [-0.1, -0.05) is 13.8 Å². The van der Waals surface area contributed by atoms with Gasteiger partial charge in [-0.2, -0.15) is 5.10 Å². The van der Waals surface area contributed by atoms with E-state index in [9.17, 15) is 9.59 Å². The third-order valence-electron chi connectivity index (χ3n) is 5.05. The lowest BCUT2D eigenvalue weighted by atomic mass is 10.1. The Hall–Kier alpha value is -1.89. The lowest BCUT2D eigenvalue weighted by molar-refractivity contribution is -0.136. The molecular formula is C18H29N5O2. The molecule has 2 aliphatic rings. The zero-order valence-electron chi connectivity index (χ0n) is 15.5. The van der Waals surface area contributed by atoms with Gasteiger partial charge in [-0.15, -0.1) is 0 Å². The molecule has 2 amide bonds. The summed E-state index contributed by atoms with van der Waals surface area (Å²) in [5.74, 6) is 0.509. The molecule has 2 aliphatic heterocycles. The summed E-state index contributed by atoms with van der Waals surface area (Å²) < 4.78 is 1.81. The molecule has 1 atom stereocenters. The Morgan fingerprint density at radius 3 is 2.60 bits per heavy atom. The van der Waals surface area contributed by atoms with Gasteiger partial charge in [0, 0.05) is 45.5 Å². The molecule has 0 N–H and O–H groups in total. The van der Waals surface area contributed by atoms with Crippen molar-refractivity contribution in [3.05, 3.63) is 18.0 Å². The van der Waals surface area contributed by atoms with Crippen LogP contribution in [0, 0.1) is 5.92 Å². The minimum atomic E-state index is -0.315. The summed E-state index contributed by atoms with van der Waals surface area (Å²) in [5.41, 5.74) is 0.582. The number of amides is 2. The molecule has 0 aliphatic carbocycles. The Balaban J connectivity index is 1.67. The van der Waals surface area contributed by atoms with Crippen molar-refractivity contribution in [2.45, 2.75) is 39.3 Å². The fraction of sp³-hybridized carbons (Fsp3) is 0.722. The number of carbonyl (C=O) groups is 2. The fourth-order valence-electron chi connectivity index (χ4n) is 3.62. The van der Waals surface area contributed by atoms with Crippen molar-refractivity contribution in [2.24, 2.45) is 5.92 Å². The minimum absolute atomic E-state index is 0.0695. The molecule has 7 heteroatoms. The summed E-state index contributed by atoms with van der Waals surface area (Å²) in [6, 6.07) is -0.315. The molecule has 2 fully saturated rings. The predicted molar refractivity (Wildman–Crippen MR) is 95.2 cm³/mol. The van der Waals surface area contributed by atoms with Crippen LogP contribution in [0.4, 0.5) is 0 Å². The summed E-state index contributed by atoms with van der Waals surface area (Å²) in [6.45, 7) is 8.97. The van der Waals surface area contributed by atoms with Gasteiger partial charge in [0.15, 0.2) is 0 Å². The van der Waals surface area contributed by atoms with Crippen LogP contribution in [0.2, 0.25) is 0 Å². The summed E-state index contributed by atoms with van der Waals surface area (Å²) in [4.78, 5) is 31.7. The van der Waals surface area contributed by atoms with Gasteiger partial charge in [0.2, 0.25) is 5.91 Å². The first-order chi connectivity index (χ1) is 12.0. The number of carbonyl (C=O) groups excluding carboxylic acids is 2. The molecule has 1 aromatic rings. The van der Waals surface area contributed by atoms with Crippen LogP contribution in [0.15, 0.2) is 12.4 Å². The van der Waals surface area contributed by atoms with Gasteiger partial charge in [-0.25, -0.2) is 0 Å². The molecule has 1 aromatic heterocycles. The van der Waals surface area contributed by atoms with Crippen molar-refractivity contribution in [3.8, 4) is 0 Å². The van der Waals surface area contributed by atoms with Crippen molar-refractivity contribution < 1.29 is 9.59 Å². The van der Waals surface area contributed by atoms with Crippen LogP contribution in [0.3, 0.4) is 0 Å². The monoisotopic (exact) mass is 347 g/mol. The van der Waals surface area contributed by atoms with E-state index in [4.69, 9.17) is 0 Å². The van der Waals surface area contributed by atoms with E-state index in [2.05, 4.69) is 30.9 Å². The number of likely N-dealkylation sites (tertiary alicyclic amines) is 1. The zero-order valence-corrected chi connectivity index (χ0v) is 15.5. The van der Waals surface area contributed by atoms with Crippen LogP contribution in [-0.4, -0.2) is 82.1 Å². The SMILES string of the molecule is CC(C)Cn1cc(C(=O)N2CCCC2C(=O)N2CCN(C)CC2)cn1. The predicted octanol–water partition coefficient (Wildman–Crippen LogP) is 0.918. The topological polar surface area (TPSA) is 61.7 Å². The highest BCUT2D eigenvalue weighted by Crippen LogP contribution is 2.22. The average Bonchev–Trinajstić information content (AvgIpc) is 3.23. The molecule has 1 unspecified atom stereocenters. The molecule has 0 aromatic carbocycles. The maximum atomic E-state index is 12.9. The van der Waals surface area contributed by atoms with Crippen molar-refractivity contribution in [1.82, 2.24) is 24.5 Å². The van der Waals surface area contributed by atoms with Gasteiger partial charge in [0.05, 0.1) is 11.8 Å². The molecule has 0 saturated carbocycles. The van der Waals surface area contributed by atoms with Crippen molar-refractivity contribution >= 4 is 11.8 Å². The molecular weight excluding hydrogens is 318 g/mol. The lowest BCUT2D eigenvalue weighted by Gasteiger charge is -2.35. The number of piperazine rings is 1. The molecule has 3 heterocycles. The number of likely N-dealkylation sites (N-methyl/N-ethyl adjacent to an activating group) is 1. The molecule has 7 nitrogen and oxygen atoms in total. The number of nitrogens with zero attached hydrogens (tertiary/aromatic N) is 5. The van der Waals surface area contributed by atoms with Crippen molar-refractivity contribution in [1.29, 1.82) is 0 Å². The smallest absolute Gasteiger partial charge is 0.257 e. The number of hydrogen-bond acceptors (Lipinski definition) is 4. The maximum Gasteiger partial charge on any atom is 0.257 e. The zero-order chi connectivity index (χ0) is 18.0. The van der Waals surface area contributed by atoms with Crippen LogP contribution in [0.5, 0.6) is 0 Å². The number of aromatic nitrogens is 2. The fourth-order valence-corrected chi connectivity index (χ4v) is 3.62. The molecule has 138 valence electrons. The molecule has 0 radical (unpaired) electrons. The van der Waals surface area contributed by atoms with Crippen LogP contribution in [-0.2, 0) is 11.3 Å². The lowest BCUT2D eigenvalue weighted by Crippen LogP contribution is -2.53. The van der Waals surface area contributed by atoms with E-state index in [-0.39, 0.29) is 17.9 Å². The molecule has 0 bridgehead atoms. The first-order valence-corrected chi connectivity index (χ1v) is 9.26. The summed E-state index contributed by atoms with van der Waals surface area (Å²) in [6.07, 6.45) is 5.07. The second-order valence-corrected chi connectivity index (χ2v) is 7.63. The second kappa shape index (κ2) is 7.56. The second-order valence-electron chi connectivity index (χ2n) is 7.63. The van der Waals surface area contributed by atoms with E-state index in [1.54, 1.807) is 17.3 Å². The van der Waals surface area contributed by atoms with E-state index in [0.717, 1.165) is 45.6 Å². The third kappa shape index (κ3) is 4.03. The Morgan fingerprint density at radius 1 is 1.20 bits per heavy atom. The minimum Gasteiger partial charge on any atom is -0.338 e. The van der Waals surface area contributed by atoms with Gasteiger partial charge in [-0.05, 0) is 25.8 Å². The van der Waals surface area contributed by atoms with E-state index in [1.807, 2.05) is 9.58 Å². The standard InChI is InChI=1S/C18H29N5O2/c1-14(2)12-22-13-15(11-19-22)17(24)23-6-4-5-16(23)18(25)21-9-7-20(3)8-10-21/h11,13-14,16H,4-10,12H2,1-3H3. The van der Waals surface area contributed by atoms with Crippen LogP contribution in [0.25, 0.3) is 0 Å². The summed E-state index contributed by atoms with van der Waals surface area (Å²) >= 11 is 0. The van der Waals surface area contributed by atoms with E-state index in [1.165, 1.54) is 0 Å². The molecule has 3 rings (SSSR count). The van der Waals surface area contributed by atoms with Crippen molar-refractivity contribution in [2.75, 3.05) is 39.8 Å². The van der Waals surface area contributed by atoms with Gasteiger partial charge in [-0.3, -0.25) is 14.3 Å². The average molecular weight is 347 g/mol. The Morgan fingerprint density at radius 2 is 1.92 bits per heavy atom. The Labute approximate surface area is 149 Å². The van der Waals surface area contributed by atoms with E-state index >= 15 is 0 Å². The molecule has 2 saturated heterocycles. The van der Waals surface area contributed by atoms with Crippen molar-refractivity contribution in [3.63, 3.8) is 0 Å². The van der Waals surface area contributed by atoms with Gasteiger partial charge in [0.1, 0.15) is 6.04 Å². The van der Waals surface area contributed by atoms with E-state index in [0.29, 0.717) is 18.0 Å². The van der Waals surface area contributed by atoms with Gasteiger partial charge < -0.3 is 14.7 Å². The highest BCUT2D eigenvalue weighted by molar-refractivity contribution is 5.97. The molecule has 25 heavy (non-hydrogen) atoms. The summed E-state index contributed by atoms with van der Waals surface area (Å²) in [7, 11) is 2.07. The Bertz CT molecular complexity index is 619. The normalized spacial score (nSPS) is 22.0. The third-order valence-corrected chi connectivity index (χ3v) is 5.05. The van der Waals surface area contributed by atoms with Crippen LogP contribution in [0.1, 0.15) is 37.0 Å². The van der Waals surface area contributed by atoms with Crippen LogP contribution >= 0.6 is 0 Å². The maximum absolute atomic E-state index is 12.9. The van der Waals surface area contributed by atoms with Gasteiger partial charge >= 0.3 is 0 Å². The van der Waals surface area contributed by atoms with Gasteiger partial charge in [0.25, 0.3) is 5.91 Å². The first-order valence-electron chi connectivity index (χ1n) is 9.26. The largest absolute Gasteiger partial charge is 0.338 e. The van der Waals surface area contributed by atoms with E-state index < -0.39 is 0 Å². The quantitative estimate of drug-likeness (QED) is 0.812. The highest BCUT2D eigenvalue weighted by Gasteiger charge is 2.37.